The average molecular weight is 228 g/mol. The molecule has 0 spiro atoms. The van der Waals surface area contributed by atoms with Gasteiger partial charge in [-0.3, -0.25) is 9.59 Å². The molecule has 0 aliphatic rings. The van der Waals surface area contributed by atoms with Crippen LogP contribution < -0.4 is 0 Å². The minimum atomic E-state index is -0.336. The van der Waals surface area contributed by atoms with Crippen molar-refractivity contribution in [3.63, 3.8) is 0 Å². The Morgan fingerprint density at radius 2 is 1.25 bits per heavy atom. The molecule has 0 N–H and O–H groups in total. The zero-order valence-electron chi connectivity index (χ0n) is 10.4. The molecule has 0 bridgehead atoms. The van der Waals surface area contributed by atoms with E-state index in [-0.39, 0.29) is 23.8 Å². The highest BCUT2D eigenvalue weighted by Gasteiger charge is 2.13. The van der Waals surface area contributed by atoms with Gasteiger partial charge in [-0.2, -0.15) is 0 Å². The Morgan fingerprint density at radius 3 is 1.50 bits per heavy atom. The predicted molar refractivity (Wildman–Crippen MR) is 60.7 cm³/mol. The van der Waals surface area contributed by atoms with Crippen LogP contribution in [0.15, 0.2) is 12.2 Å². The molecule has 0 aliphatic carbocycles. The normalized spacial score (nSPS) is 14.5. The summed E-state index contributed by atoms with van der Waals surface area (Å²) < 4.78 is 9.68. The minimum absolute atomic E-state index is 0.283. The molecule has 0 fully saturated rings. The van der Waals surface area contributed by atoms with Crippen LogP contribution >= 0.6 is 0 Å². The molecule has 4 nitrogen and oxygen atoms in total. The van der Waals surface area contributed by atoms with E-state index in [2.05, 4.69) is 0 Å². The van der Waals surface area contributed by atoms with E-state index in [1.54, 1.807) is 39.8 Å². The molecule has 0 rings (SSSR count). The molecule has 0 aromatic carbocycles. The monoisotopic (exact) mass is 228 g/mol. The Bertz CT molecular complexity index is 232. The summed E-state index contributed by atoms with van der Waals surface area (Å²) in [5, 5.41) is 0. The third-order valence-corrected chi connectivity index (χ3v) is 2.01. The predicted octanol–water partition coefficient (Wildman–Crippen LogP) is 1.94. The van der Waals surface area contributed by atoms with Crippen molar-refractivity contribution in [3.05, 3.63) is 12.2 Å². The Balaban J connectivity index is 4.15. The van der Waals surface area contributed by atoms with Crippen molar-refractivity contribution in [3.8, 4) is 0 Å². The van der Waals surface area contributed by atoms with Gasteiger partial charge in [0.05, 0.1) is 25.0 Å². The number of carbonyl (C=O) groups is 2. The summed E-state index contributed by atoms with van der Waals surface area (Å²) in [5.74, 6) is -1.24. The maximum absolute atomic E-state index is 11.3. The summed E-state index contributed by atoms with van der Waals surface area (Å²) >= 11 is 0. The molecule has 0 heterocycles. The molecule has 0 saturated heterocycles. The largest absolute Gasteiger partial charge is 0.466 e. The fourth-order valence-electron chi connectivity index (χ4n) is 1.04. The molecule has 0 aliphatic heterocycles. The molecule has 2 atom stereocenters. The molecule has 0 aromatic rings. The van der Waals surface area contributed by atoms with E-state index >= 15 is 0 Å². The van der Waals surface area contributed by atoms with Gasteiger partial charge in [-0.15, -0.1) is 0 Å². The van der Waals surface area contributed by atoms with Crippen LogP contribution in [0.25, 0.3) is 0 Å². The van der Waals surface area contributed by atoms with E-state index in [0.29, 0.717) is 13.2 Å². The fraction of sp³-hybridized carbons (Fsp3) is 0.667. The van der Waals surface area contributed by atoms with Crippen molar-refractivity contribution in [1.82, 2.24) is 0 Å². The van der Waals surface area contributed by atoms with Crippen LogP contribution in [0.3, 0.4) is 0 Å². The van der Waals surface area contributed by atoms with Crippen LogP contribution in [-0.2, 0) is 19.1 Å². The molecular formula is C12H20O4. The summed E-state index contributed by atoms with van der Waals surface area (Å²) in [7, 11) is 0. The van der Waals surface area contributed by atoms with Crippen LogP contribution in [0.2, 0.25) is 0 Å². The van der Waals surface area contributed by atoms with Crippen molar-refractivity contribution >= 4 is 11.9 Å². The first-order valence-electron chi connectivity index (χ1n) is 5.54. The van der Waals surface area contributed by atoms with Crippen LogP contribution in [0.5, 0.6) is 0 Å². The smallest absolute Gasteiger partial charge is 0.312 e. The zero-order chi connectivity index (χ0) is 12.6. The van der Waals surface area contributed by atoms with Crippen LogP contribution in [-0.4, -0.2) is 25.2 Å². The number of ether oxygens (including phenoxy) is 2. The Morgan fingerprint density at radius 1 is 0.938 bits per heavy atom. The van der Waals surface area contributed by atoms with Gasteiger partial charge in [-0.1, -0.05) is 12.2 Å². The summed E-state index contributed by atoms with van der Waals surface area (Å²) in [6, 6.07) is 0. The number of rotatable bonds is 6. The van der Waals surface area contributed by atoms with Crippen molar-refractivity contribution in [2.75, 3.05) is 13.2 Å². The highest BCUT2D eigenvalue weighted by Crippen LogP contribution is 2.06. The lowest BCUT2D eigenvalue weighted by Gasteiger charge is -2.08. The van der Waals surface area contributed by atoms with Gasteiger partial charge in [-0.05, 0) is 27.7 Å². The third kappa shape index (κ3) is 5.53. The highest BCUT2D eigenvalue weighted by atomic mass is 16.5. The summed E-state index contributed by atoms with van der Waals surface area (Å²) in [6.45, 7) is 7.71. The summed E-state index contributed by atoms with van der Waals surface area (Å²) in [4.78, 5) is 22.5. The minimum Gasteiger partial charge on any atom is -0.466 e. The number of carbonyl (C=O) groups excluding carboxylic acids is 2. The van der Waals surface area contributed by atoms with Gasteiger partial charge in [0.25, 0.3) is 0 Å². The van der Waals surface area contributed by atoms with Crippen molar-refractivity contribution in [2.45, 2.75) is 27.7 Å². The van der Waals surface area contributed by atoms with Crippen LogP contribution in [0, 0.1) is 11.8 Å². The zero-order valence-corrected chi connectivity index (χ0v) is 10.4. The van der Waals surface area contributed by atoms with E-state index in [1.165, 1.54) is 0 Å². The van der Waals surface area contributed by atoms with Gasteiger partial charge in [0, 0.05) is 0 Å². The van der Waals surface area contributed by atoms with Crippen molar-refractivity contribution < 1.29 is 19.1 Å². The molecule has 0 aromatic heterocycles. The molecule has 16 heavy (non-hydrogen) atoms. The van der Waals surface area contributed by atoms with E-state index in [1.807, 2.05) is 0 Å². The lowest BCUT2D eigenvalue weighted by molar-refractivity contribution is -0.147. The van der Waals surface area contributed by atoms with Crippen LogP contribution in [0.1, 0.15) is 27.7 Å². The second-order valence-electron chi connectivity index (χ2n) is 3.47. The quantitative estimate of drug-likeness (QED) is 0.515. The van der Waals surface area contributed by atoms with Gasteiger partial charge < -0.3 is 9.47 Å². The first-order valence-corrected chi connectivity index (χ1v) is 5.54. The highest BCUT2D eigenvalue weighted by molar-refractivity contribution is 5.76. The molecule has 0 radical (unpaired) electrons. The number of esters is 2. The van der Waals surface area contributed by atoms with Gasteiger partial charge in [-0.25, -0.2) is 0 Å². The maximum Gasteiger partial charge on any atom is 0.312 e. The molecule has 0 amide bonds. The Hall–Kier alpha value is -1.32. The van der Waals surface area contributed by atoms with Crippen LogP contribution in [0.4, 0.5) is 0 Å². The number of hydrogen-bond donors (Lipinski definition) is 0. The first kappa shape index (κ1) is 14.7. The second kappa shape index (κ2) is 7.91. The molecular weight excluding hydrogens is 208 g/mol. The lowest BCUT2D eigenvalue weighted by atomic mass is 10.1. The molecule has 0 saturated carbocycles. The fourth-order valence-corrected chi connectivity index (χ4v) is 1.04. The van der Waals surface area contributed by atoms with E-state index in [4.69, 9.17) is 9.47 Å². The summed E-state index contributed by atoms with van der Waals surface area (Å²) in [5.41, 5.74) is 0. The van der Waals surface area contributed by atoms with E-state index in [9.17, 15) is 9.59 Å². The van der Waals surface area contributed by atoms with Crippen molar-refractivity contribution in [1.29, 1.82) is 0 Å². The van der Waals surface area contributed by atoms with E-state index < -0.39 is 0 Å². The second-order valence-corrected chi connectivity index (χ2v) is 3.47. The van der Waals surface area contributed by atoms with Crippen molar-refractivity contribution in [2.24, 2.45) is 11.8 Å². The molecule has 2 unspecified atom stereocenters. The molecule has 92 valence electrons. The van der Waals surface area contributed by atoms with Gasteiger partial charge in [0.1, 0.15) is 0 Å². The average Bonchev–Trinajstić information content (AvgIpc) is 2.25. The Labute approximate surface area is 96.6 Å². The van der Waals surface area contributed by atoms with Gasteiger partial charge in [0.15, 0.2) is 0 Å². The summed E-state index contributed by atoms with van der Waals surface area (Å²) in [6.07, 6.45) is 3.33. The van der Waals surface area contributed by atoms with Gasteiger partial charge in [0.2, 0.25) is 0 Å². The third-order valence-electron chi connectivity index (χ3n) is 2.01. The lowest BCUT2D eigenvalue weighted by Crippen LogP contribution is -2.15. The standard InChI is InChI=1S/C12H20O4/c1-5-15-11(13)9(3)7-8-10(4)12(14)16-6-2/h7-10H,5-6H2,1-4H3/b8-7+. The topological polar surface area (TPSA) is 52.6 Å². The molecule has 4 heteroatoms. The first-order chi connectivity index (χ1) is 7.52. The maximum atomic E-state index is 11.3. The van der Waals surface area contributed by atoms with Gasteiger partial charge >= 0.3 is 11.9 Å². The number of hydrogen-bond acceptors (Lipinski definition) is 4. The van der Waals surface area contributed by atoms with E-state index in [0.717, 1.165) is 0 Å². The Kier molecular flexibility index (Phi) is 7.25. The SMILES string of the molecule is CCOC(=O)C(C)/C=C/C(C)C(=O)OCC.